The molecule has 4 nitrogen and oxygen atoms in total. The van der Waals surface area contributed by atoms with Crippen molar-refractivity contribution in [3.8, 4) is 0 Å². The summed E-state index contributed by atoms with van der Waals surface area (Å²) in [4.78, 5) is 1.67. The maximum absolute atomic E-state index is 14.0. The lowest BCUT2D eigenvalue weighted by Crippen LogP contribution is -2.33. The first-order valence-electron chi connectivity index (χ1n) is 6.21. The fourth-order valence-electron chi connectivity index (χ4n) is 2.35. The average Bonchev–Trinajstić information content (AvgIpc) is 2.68. The lowest BCUT2D eigenvalue weighted by molar-refractivity contribution is 0.199. The molecular weight excluding hydrogens is 269 g/mol. The molecule has 1 N–H and O–H groups in total. The molecule has 1 aliphatic rings. The summed E-state index contributed by atoms with van der Waals surface area (Å²) in [6.45, 7) is 1.57. The number of hydrogen-bond acceptors (Lipinski definition) is 4. The van der Waals surface area contributed by atoms with Gasteiger partial charge in [-0.1, -0.05) is 6.07 Å². The average molecular weight is 287 g/mol. The molecule has 2 atom stereocenters. The zero-order valence-electron chi connectivity index (χ0n) is 11.0. The second-order valence-corrected chi connectivity index (χ2v) is 7.28. The minimum Gasteiger partial charge on any atom is -0.389 e. The molecule has 19 heavy (non-hydrogen) atoms. The van der Waals surface area contributed by atoms with Crippen LogP contribution in [0.4, 0.5) is 10.1 Å². The predicted molar refractivity (Wildman–Crippen MR) is 72.5 cm³/mol. The third kappa shape index (κ3) is 3.06. The lowest BCUT2D eigenvalue weighted by atomic mass is 10.1. The van der Waals surface area contributed by atoms with Gasteiger partial charge in [0.1, 0.15) is 5.82 Å². The molecule has 0 aromatic heterocycles. The number of hydrogen-bond donors (Lipinski definition) is 1. The maximum atomic E-state index is 14.0. The maximum Gasteiger partial charge on any atom is 0.152 e. The van der Waals surface area contributed by atoms with E-state index in [4.69, 9.17) is 0 Å². The lowest BCUT2D eigenvalue weighted by Gasteiger charge is -2.26. The van der Waals surface area contributed by atoms with Crippen LogP contribution in [0.25, 0.3) is 0 Å². The molecular formula is C13H18FNO3S. The zero-order valence-corrected chi connectivity index (χ0v) is 11.8. The van der Waals surface area contributed by atoms with Crippen LogP contribution in [0.5, 0.6) is 0 Å². The topological polar surface area (TPSA) is 57.6 Å². The van der Waals surface area contributed by atoms with Crippen molar-refractivity contribution in [1.29, 1.82) is 0 Å². The van der Waals surface area contributed by atoms with E-state index >= 15 is 0 Å². The molecule has 106 valence electrons. The van der Waals surface area contributed by atoms with Crippen LogP contribution in [0.1, 0.15) is 25.0 Å². The molecule has 2 rings (SSSR count). The first-order chi connectivity index (χ1) is 8.80. The summed E-state index contributed by atoms with van der Waals surface area (Å²) in [5.41, 5.74) is 0.875. The number of nitrogens with zero attached hydrogens (tertiary/aromatic N) is 1. The van der Waals surface area contributed by atoms with Gasteiger partial charge in [0.25, 0.3) is 0 Å². The largest absolute Gasteiger partial charge is 0.389 e. The molecule has 1 heterocycles. The predicted octanol–water partition coefficient (Wildman–Crippen LogP) is 1.50. The number of aliphatic hydroxyl groups excluding tert-OH is 1. The molecule has 1 aliphatic heterocycles. The van der Waals surface area contributed by atoms with Crippen LogP contribution in [-0.2, 0) is 9.84 Å². The Balaban J connectivity index is 2.23. The van der Waals surface area contributed by atoms with Crippen molar-refractivity contribution >= 4 is 15.5 Å². The molecule has 0 saturated carbocycles. The first kappa shape index (κ1) is 14.3. The number of anilines is 1. The number of sulfone groups is 1. The Labute approximate surface area is 112 Å². The summed E-state index contributed by atoms with van der Waals surface area (Å²) in [6, 6.07) is 4.35. The van der Waals surface area contributed by atoms with E-state index in [9.17, 15) is 17.9 Å². The van der Waals surface area contributed by atoms with Gasteiger partial charge in [0.05, 0.1) is 23.3 Å². The van der Waals surface area contributed by atoms with Gasteiger partial charge < -0.3 is 10.0 Å². The zero-order chi connectivity index (χ0) is 14.2. The van der Waals surface area contributed by atoms with Crippen molar-refractivity contribution in [3.05, 3.63) is 29.6 Å². The Kier molecular flexibility index (Phi) is 3.82. The monoisotopic (exact) mass is 287 g/mol. The highest BCUT2D eigenvalue weighted by Gasteiger charge is 2.31. The Morgan fingerprint density at radius 1 is 1.47 bits per heavy atom. The second-order valence-electron chi connectivity index (χ2n) is 5.05. The smallest absolute Gasteiger partial charge is 0.152 e. The minimum atomic E-state index is -2.99. The Morgan fingerprint density at radius 2 is 2.16 bits per heavy atom. The molecule has 0 bridgehead atoms. The van der Waals surface area contributed by atoms with Gasteiger partial charge in [-0.2, -0.15) is 0 Å². The van der Waals surface area contributed by atoms with Gasteiger partial charge in [0.15, 0.2) is 9.84 Å². The molecule has 0 aliphatic carbocycles. The van der Waals surface area contributed by atoms with E-state index in [0.29, 0.717) is 17.7 Å². The van der Waals surface area contributed by atoms with E-state index < -0.39 is 21.8 Å². The first-order valence-corrected chi connectivity index (χ1v) is 8.03. The Bertz CT molecular complexity index is 571. The van der Waals surface area contributed by atoms with E-state index in [-0.39, 0.29) is 17.5 Å². The summed E-state index contributed by atoms with van der Waals surface area (Å²) in [7, 11) is -1.29. The molecule has 6 heteroatoms. The standard InChI is InChI=1S/C13H18FNO3S/c1-9(16)10-3-4-13(12(14)7-10)15(2)11-5-6-19(17,18)8-11/h3-4,7,9,11,16H,5-6,8H2,1-2H3/t9-,11?/m1/s1. The van der Waals surface area contributed by atoms with Crippen LogP contribution in [0.2, 0.25) is 0 Å². The summed E-state index contributed by atoms with van der Waals surface area (Å²) >= 11 is 0. The molecule has 1 fully saturated rings. The fourth-order valence-corrected chi connectivity index (χ4v) is 4.12. The van der Waals surface area contributed by atoms with Gasteiger partial charge in [-0.05, 0) is 31.0 Å². The third-order valence-electron chi connectivity index (χ3n) is 3.59. The van der Waals surface area contributed by atoms with Crippen molar-refractivity contribution in [2.24, 2.45) is 0 Å². The van der Waals surface area contributed by atoms with E-state index in [1.807, 2.05) is 0 Å². The highest BCUT2D eigenvalue weighted by molar-refractivity contribution is 7.91. The van der Waals surface area contributed by atoms with Crippen LogP contribution < -0.4 is 4.90 Å². The number of aliphatic hydroxyl groups is 1. The van der Waals surface area contributed by atoms with Gasteiger partial charge in [-0.25, -0.2) is 12.8 Å². The van der Waals surface area contributed by atoms with Gasteiger partial charge >= 0.3 is 0 Å². The Hall–Kier alpha value is -1.14. The quantitative estimate of drug-likeness (QED) is 0.915. The van der Waals surface area contributed by atoms with Gasteiger partial charge in [0, 0.05) is 13.1 Å². The fraction of sp³-hybridized carbons (Fsp3) is 0.538. The minimum absolute atomic E-state index is 0.0705. The van der Waals surface area contributed by atoms with E-state index in [2.05, 4.69) is 0 Å². The molecule has 1 aromatic carbocycles. The van der Waals surface area contributed by atoms with Gasteiger partial charge in [-0.3, -0.25) is 0 Å². The van der Waals surface area contributed by atoms with Crippen LogP contribution in [0.3, 0.4) is 0 Å². The molecule has 0 spiro atoms. The summed E-state index contributed by atoms with van der Waals surface area (Å²) in [6.07, 6.45) is -0.197. The molecule has 1 unspecified atom stereocenters. The molecule has 0 radical (unpaired) electrons. The number of halogens is 1. The number of benzene rings is 1. The van der Waals surface area contributed by atoms with Crippen LogP contribution in [0, 0.1) is 5.82 Å². The molecule has 1 saturated heterocycles. The normalized spacial score (nSPS) is 23.3. The molecule has 1 aromatic rings. The van der Waals surface area contributed by atoms with Crippen LogP contribution >= 0.6 is 0 Å². The van der Waals surface area contributed by atoms with Gasteiger partial charge in [-0.15, -0.1) is 0 Å². The van der Waals surface area contributed by atoms with Crippen molar-refractivity contribution in [3.63, 3.8) is 0 Å². The Morgan fingerprint density at radius 3 is 2.63 bits per heavy atom. The van der Waals surface area contributed by atoms with Crippen molar-refractivity contribution in [2.75, 3.05) is 23.5 Å². The van der Waals surface area contributed by atoms with Crippen molar-refractivity contribution in [1.82, 2.24) is 0 Å². The summed E-state index contributed by atoms with van der Waals surface area (Å²) in [5.74, 6) is -0.207. The van der Waals surface area contributed by atoms with Crippen LogP contribution in [0.15, 0.2) is 18.2 Å². The van der Waals surface area contributed by atoms with Gasteiger partial charge in [0.2, 0.25) is 0 Å². The SMILES string of the molecule is C[C@@H](O)c1ccc(N(C)C2CCS(=O)(=O)C2)c(F)c1. The third-order valence-corrected chi connectivity index (χ3v) is 5.34. The highest BCUT2D eigenvalue weighted by Crippen LogP contribution is 2.27. The van der Waals surface area contributed by atoms with Crippen molar-refractivity contribution in [2.45, 2.75) is 25.5 Å². The highest BCUT2D eigenvalue weighted by atomic mass is 32.2. The van der Waals surface area contributed by atoms with E-state index in [0.717, 1.165) is 0 Å². The summed E-state index contributed by atoms with van der Waals surface area (Å²) in [5, 5.41) is 9.40. The van der Waals surface area contributed by atoms with Crippen LogP contribution in [-0.4, -0.2) is 38.1 Å². The number of rotatable bonds is 3. The van der Waals surface area contributed by atoms with E-state index in [1.54, 1.807) is 31.0 Å². The van der Waals surface area contributed by atoms with Crippen molar-refractivity contribution < 1.29 is 17.9 Å². The van der Waals surface area contributed by atoms with E-state index in [1.165, 1.54) is 6.07 Å². The second kappa shape index (κ2) is 5.09. The summed E-state index contributed by atoms with van der Waals surface area (Å²) < 4.78 is 36.9. The molecule has 0 amide bonds.